The Labute approximate surface area is 265 Å². The van der Waals surface area contributed by atoms with Crippen LogP contribution in [0.4, 0.5) is 11.4 Å². The number of carbonyl (C=O) groups is 2. The number of halogens is 3. The molecule has 1 unspecified atom stereocenters. The largest absolute Gasteiger partial charge is 0.506 e. The van der Waals surface area contributed by atoms with Crippen molar-refractivity contribution in [1.29, 1.82) is 0 Å². The highest BCUT2D eigenvalue weighted by molar-refractivity contribution is 7.89. The first-order valence-corrected chi connectivity index (χ1v) is 16.1. The summed E-state index contributed by atoms with van der Waals surface area (Å²) in [6, 6.07) is 5.80. The van der Waals surface area contributed by atoms with E-state index < -0.39 is 27.9 Å². The Balaban J connectivity index is 1.43. The summed E-state index contributed by atoms with van der Waals surface area (Å²) in [5, 5.41) is 16.0. The number of hydrogen-bond acceptors (Lipinski definition) is 9. The summed E-state index contributed by atoms with van der Waals surface area (Å²) >= 11 is 18.1. The number of anilines is 2. The first kappa shape index (κ1) is 35.3. The number of sulfonamides is 1. The molecule has 0 spiro atoms. The molecule has 0 saturated carbocycles. The number of hydrogen-bond donors (Lipinski definition) is 3. The lowest BCUT2D eigenvalue weighted by molar-refractivity contribution is -0.122. The van der Waals surface area contributed by atoms with Gasteiger partial charge in [-0.15, -0.1) is 0 Å². The maximum atomic E-state index is 12.9. The highest BCUT2D eigenvalue weighted by atomic mass is 35.5. The molecular formula is C27H34Cl3N3O9S. The van der Waals surface area contributed by atoms with E-state index in [2.05, 4.69) is 10.6 Å². The maximum Gasteiger partial charge on any atom is 0.255 e. The fourth-order valence-corrected chi connectivity index (χ4v) is 6.11. The zero-order valence-corrected chi connectivity index (χ0v) is 26.5. The monoisotopic (exact) mass is 681 g/mol. The van der Waals surface area contributed by atoms with Crippen LogP contribution >= 0.6 is 34.8 Å². The van der Waals surface area contributed by atoms with Crippen molar-refractivity contribution < 1.29 is 42.1 Å². The van der Waals surface area contributed by atoms with Crippen LogP contribution in [0.25, 0.3) is 0 Å². The van der Waals surface area contributed by atoms with Gasteiger partial charge in [0.2, 0.25) is 15.9 Å². The average Bonchev–Trinajstić information content (AvgIpc) is 2.92. The third kappa shape index (κ3) is 10.7. The number of amides is 2. The second-order valence-corrected chi connectivity index (χ2v) is 12.6. The number of nitrogens with zero attached hydrogens (tertiary/aromatic N) is 1. The summed E-state index contributed by atoms with van der Waals surface area (Å²) in [7, 11) is -2.11. The van der Waals surface area contributed by atoms with Crippen molar-refractivity contribution >= 4 is 68.0 Å². The van der Waals surface area contributed by atoms with E-state index in [4.69, 9.17) is 53.8 Å². The van der Waals surface area contributed by atoms with Crippen molar-refractivity contribution in [3.63, 3.8) is 0 Å². The van der Waals surface area contributed by atoms with Gasteiger partial charge in [-0.2, -0.15) is 4.31 Å². The summed E-state index contributed by atoms with van der Waals surface area (Å²) in [6.07, 6.45) is 0.581. The van der Waals surface area contributed by atoms with E-state index in [-0.39, 0.29) is 63.1 Å². The highest BCUT2D eigenvalue weighted by Crippen LogP contribution is 2.35. The lowest BCUT2D eigenvalue weighted by Gasteiger charge is -2.38. The maximum absolute atomic E-state index is 12.9. The summed E-state index contributed by atoms with van der Waals surface area (Å²) in [5.74, 6) is -1.72. The van der Waals surface area contributed by atoms with Crippen LogP contribution in [0.5, 0.6) is 5.75 Å². The molecule has 0 aliphatic carbocycles. The van der Waals surface area contributed by atoms with Gasteiger partial charge in [0.15, 0.2) is 0 Å². The van der Waals surface area contributed by atoms with Gasteiger partial charge in [-0.05, 0) is 37.1 Å². The number of rotatable bonds is 18. The summed E-state index contributed by atoms with van der Waals surface area (Å²) < 4.78 is 47.7. The van der Waals surface area contributed by atoms with Gasteiger partial charge in [0.1, 0.15) is 11.8 Å². The summed E-state index contributed by atoms with van der Waals surface area (Å²) in [4.78, 5) is 25.4. The molecule has 2 aromatic rings. The number of phenols is 1. The number of phenolic OH excluding ortho intramolecular Hbond substituents is 1. The Morgan fingerprint density at radius 1 is 0.884 bits per heavy atom. The first-order valence-electron chi connectivity index (χ1n) is 13.3. The highest BCUT2D eigenvalue weighted by Gasteiger charge is 2.41. The van der Waals surface area contributed by atoms with Crippen LogP contribution in [-0.2, 0) is 33.8 Å². The van der Waals surface area contributed by atoms with E-state index in [0.29, 0.717) is 46.1 Å². The standard InChI is InChI=1S/C27H34Cl3N3O9S/c1-39-8-9-41-12-13-42-11-10-40-7-2-14-43(37,38)33-6-5-24(33)27(36)31-22-17-25(34)23(16-21(22)30)32-26(35)18-3-4-19(28)20(29)15-18/h3-4,15-17,24,34H,2,5-14H2,1H3,(H,31,36)(H,32,35). The van der Waals surface area contributed by atoms with E-state index in [0.717, 1.165) is 10.4 Å². The molecule has 238 valence electrons. The number of aromatic hydroxyl groups is 1. The van der Waals surface area contributed by atoms with Gasteiger partial charge in [-0.1, -0.05) is 34.8 Å². The van der Waals surface area contributed by atoms with Crippen LogP contribution in [0, 0.1) is 0 Å². The number of carbonyl (C=O) groups excluding carboxylic acids is 2. The fourth-order valence-electron chi connectivity index (χ4n) is 3.91. The Morgan fingerprint density at radius 3 is 2.14 bits per heavy atom. The van der Waals surface area contributed by atoms with E-state index in [1.807, 2.05) is 0 Å². The third-order valence-electron chi connectivity index (χ3n) is 6.27. The van der Waals surface area contributed by atoms with Gasteiger partial charge in [0.25, 0.3) is 5.91 Å². The smallest absolute Gasteiger partial charge is 0.255 e. The molecule has 1 fully saturated rings. The van der Waals surface area contributed by atoms with Gasteiger partial charge < -0.3 is 34.7 Å². The Morgan fingerprint density at radius 2 is 1.53 bits per heavy atom. The Kier molecular flexibility index (Phi) is 14.2. The molecule has 0 bridgehead atoms. The molecule has 43 heavy (non-hydrogen) atoms. The van der Waals surface area contributed by atoms with Crippen molar-refractivity contribution in [3.05, 3.63) is 51.0 Å². The van der Waals surface area contributed by atoms with Crippen molar-refractivity contribution in [1.82, 2.24) is 4.31 Å². The second kappa shape index (κ2) is 17.3. The topological polar surface area (TPSA) is 153 Å². The van der Waals surface area contributed by atoms with Gasteiger partial charge in [-0.3, -0.25) is 9.59 Å². The number of benzene rings is 2. The normalized spacial score (nSPS) is 15.2. The molecule has 1 aliphatic heterocycles. The predicted octanol–water partition coefficient (Wildman–Crippen LogP) is 4.03. The van der Waals surface area contributed by atoms with Crippen molar-refractivity contribution in [2.24, 2.45) is 0 Å². The van der Waals surface area contributed by atoms with Crippen molar-refractivity contribution in [2.75, 3.05) is 76.3 Å². The molecule has 3 N–H and O–H groups in total. The summed E-state index contributed by atoms with van der Waals surface area (Å²) in [6.45, 7) is 3.00. The molecule has 2 amide bonds. The van der Waals surface area contributed by atoms with Crippen molar-refractivity contribution in [3.8, 4) is 5.75 Å². The fraction of sp³-hybridized carbons (Fsp3) is 0.481. The minimum atomic E-state index is -3.71. The zero-order valence-electron chi connectivity index (χ0n) is 23.4. The summed E-state index contributed by atoms with van der Waals surface area (Å²) in [5.41, 5.74) is 0.246. The Hall–Kier alpha value is -2.20. The molecule has 1 saturated heterocycles. The minimum Gasteiger partial charge on any atom is -0.506 e. The molecule has 16 heteroatoms. The van der Waals surface area contributed by atoms with E-state index in [1.54, 1.807) is 7.11 Å². The van der Waals surface area contributed by atoms with E-state index in [1.165, 1.54) is 24.3 Å². The quantitative estimate of drug-likeness (QED) is 0.156. The molecule has 1 aliphatic rings. The number of methoxy groups -OCH3 is 1. The molecule has 12 nitrogen and oxygen atoms in total. The van der Waals surface area contributed by atoms with Gasteiger partial charge in [0, 0.05) is 31.9 Å². The van der Waals surface area contributed by atoms with Crippen LogP contribution in [0.15, 0.2) is 30.3 Å². The van der Waals surface area contributed by atoms with Crippen LogP contribution < -0.4 is 10.6 Å². The second-order valence-electron chi connectivity index (χ2n) is 9.34. The van der Waals surface area contributed by atoms with Crippen LogP contribution in [0.3, 0.4) is 0 Å². The predicted molar refractivity (Wildman–Crippen MR) is 164 cm³/mol. The van der Waals surface area contributed by atoms with Crippen molar-refractivity contribution in [2.45, 2.75) is 18.9 Å². The SMILES string of the molecule is COCCOCCOCCOCCCS(=O)(=O)N1CCC1C(=O)Nc1cc(O)c(NC(=O)c2ccc(Cl)c(Cl)c2)cc1Cl. The van der Waals surface area contributed by atoms with Gasteiger partial charge in [-0.25, -0.2) is 8.42 Å². The molecule has 2 aromatic carbocycles. The van der Waals surface area contributed by atoms with Crippen LogP contribution in [-0.4, -0.2) is 101 Å². The molecule has 1 heterocycles. The lowest BCUT2D eigenvalue weighted by Crippen LogP contribution is -2.57. The van der Waals surface area contributed by atoms with Gasteiger partial charge >= 0.3 is 0 Å². The molecule has 1 atom stereocenters. The average molecular weight is 683 g/mol. The van der Waals surface area contributed by atoms with Crippen LogP contribution in [0.1, 0.15) is 23.2 Å². The molecular weight excluding hydrogens is 649 g/mol. The minimum absolute atomic E-state index is 0.00679. The lowest BCUT2D eigenvalue weighted by atomic mass is 10.1. The van der Waals surface area contributed by atoms with E-state index >= 15 is 0 Å². The molecule has 3 rings (SSSR count). The Bertz CT molecular complexity index is 1360. The molecule has 0 radical (unpaired) electrons. The van der Waals surface area contributed by atoms with E-state index in [9.17, 15) is 23.1 Å². The van der Waals surface area contributed by atoms with Gasteiger partial charge in [0.05, 0.1) is 71.8 Å². The molecule has 0 aromatic heterocycles. The zero-order chi connectivity index (χ0) is 31.4. The first-order chi connectivity index (χ1) is 20.5. The third-order valence-corrected chi connectivity index (χ3v) is 9.28. The number of ether oxygens (including phenoxy) is 4. The number of nitrogens with one attached hydrogen (secondary N) is 2. The van der Waals surface area contributed by atoms with Crippen LogP contribution in [0.2, 0.25) is 15.1 Å².